The second kappa shape index (κ2) is 9.84. The minimum atomic E-state index is -0.184. The Hall–Kier alpha value is -3.40. The first-order valence-electron chi connectivity index (χ1n) is 10.3. The fourth-order valence-electron chi connectivity index (χ4n) is 3.53. The molecule has 7 nitrogen and oxygen atoms in total. The second-order valence-electron chi connectivity index (χ2n) is 7.34. The highest BCUT2D eigenvalue weighted by Gasteiger charge is 2.18. The topological polar surface area (TPSA) is 81.8 Å². The molecular formula is C24H18ClN5O2S2. The van der Waals surface area contributed by atoms with Gasteiger partial charge in [-0.15, -0.1) is 10.2 Å². The zero-order valence-electron chi connectivity index (χ0n) is 17.7. The lowest BCUT2D eigenvalue weighted by Crippen LogP contribution is -2.17. The summed E-state index contributed by atoms with van der Waals surface area (Å²) in [7, 11) is 0. The molecule has 5 rings (SSSR count). The number of thiazole rings is 1. The number of hydrogen-bond acceptors (Lipinski definition) is 6. The number of fused-ring (bicyclic) bond motifs is 1. The molecule has 0 aliphatic carbocycles. The summed E-state index contributed by atoms with van der Waals surface area (Å²) >= 11 is 8.48. The highest BCUT2D eigenvalue weighted by molar-refractivity contribution is 7.99. The summed E-state index contributed by atoms with van der Waals surface area (Å²) in [5, 5.41) is 12.7. The molecule has 1 amide bonds. The SMILES string of the molecule is O=C(CSc1nnc(Cn2c(=O)sc3ccccc32)n1-c1ccccc1)Nc1cccc(Cl)c1. The van der Waals surface area contributed by atoms with Crippen molar-refractivity contribution in [3.8, 4) is 5.69 Å². The van der Waals surface area contributed by atoms with Gasteiger partial charge in [0.25, 0.3) is 0 Å². The molecule has 0 saturated heterocycles. The number of hydrogen-bond donors (Lipinski definition) is 1. The number of anilines is 1. The number of nitrogens with zero attached hydrogens (tertiary/aromatic N) is 4. The number of benzene rings is 3. The van der Waals surface area contributed by atoms with Gasteiger partial charge >= 0.3 is 4.87 Å². The third-order valence-electron chi connectivity index (χ3n) is 5.03. The monoisotopic (exact) mass is 507 g/mol. The predicted octanol–water partition coefficient (Wildman–Crippen LogP) is 5.08. The number of rotatable bonds is 7. The molecule has 0 radical (unpaired) electrons. The van der Waals surface area contributed by atoms with E-state index < -0.39 is 0 Å². The van der Waals surface area contributed by atoms with Crippen molar-refractivity contribution < 1.29 is 4.79 Å². The minimum Gasteiger partial charge on any atom is -0.325 e. The molecule has 0 spiro atoms. The average Bonchev–Trinajstić information content (AvgIpc) is 3.39. The van der Waals surface area contributed by atoms with Gasteiger partial charge in [-0.05, 0) is 42.5 Å². The highest BCUT2D eigenvalue weighted by atomic mass is 35.5. The predicted molar refractivity (Wildman–Crippen MR) is 137 cm³/mol. The van der Waals surface area contributed by atoms with Crippen LogP contribution in [0.15, 0.2) is 88.8 Å². The van der Waals surface area contributed by atoms with Gasteiger partial charge in [-0.25, -0.2) is 0 Å². The Morgan fingerprint density at radius 2 is 1.79 bits per heavy atom. The van der Waals surface area contributed by atoms with Gasteiger partial charge < -0.3 is 5.32 Å². The van der Waals surface area contributed by atoms with Gasteiger partial charge in [-0.1, -0.05) is 71.1 Å². The van der Waals surface area contributed by atoms with E-state index in [1.807, 2.05) is 59.2 Å². The van der Waals surface area contributed by atoms with Gasteiger partial charge in [0.1, 0.15) is 0 Å². The molecule has 2 aromatic heterocycles. The van der Waals surface area contributed by atoms with Gasteiger partial charge in [0.15, 0.2) is 11.0 Å². The van der Waals surface area contributed by atoms with Crippen molar-refractivity contribution in [1.29, 1.82) is 0 Å². The molecule has 3 aromatic carbocycles. The Balaban J connectivity index is 1.42. The third kappa shape index (κ3) is 4.77. The van der Waals surface area contributed by atoms with Crippen LogP contribution in [0.3, 0.4) is 0 Å². The molecule has 0 aliphatic heterocycles. The maximum Gasteiger partial charge on any atom is 0.308 e. The number of aromatic nitrogens is 4. The van der Waals surface area contributed by atoms with Gasteiger partial charge in [0, 0.05) is 16.4 Å². The normalized spacial score (nSPS) is 11.1. The van der Waals surface area contributed by atoms with Crippen LogP contribution in [-0.2, 0) is 11.3 Å². The Morgan fingerprint density at radius 3 is 2.62 bits per heavy atom. The van der Waals surface area contributed by atoms with E-state index in [0.29, 0.717) is 21.7 Å². The van der Waals surface area contributed by atoms with Gasteiger partial charge in [-0.3, -0.25) is 18.7 Å². The van der Waals surface area contributed by atoms with Crippen molar-refractivity contribution in [3.05, 3.63) is 99.4 Å². The molecule has 0 saturated carbocycles. The van der Waals surface area contributed by atoms with Crippen molar-refractivity contribution in [3.63, 3.8) is 0 Å². The van der Waals surface area contributed by atoms with E-state index in [1.165, 1.54) is 23.1 Å². The van der Waals surface area contributed by atoms with Crippen LogP contribution in [0, 0.1) is 0 Å². The zero-order valence-corrected chi connectivity index (χ0v) is 20.1. The first-order chi connectivity index (χ1) is 16.6. The Morgan fingerprint density at radius 1 is 1.00 bits per heavy atom. The molecule has 170 valence electrons. The molecule has 2 heterocycles. The summed E-state index contributed by atoms with van der Waals surface area (Å²) in [6.07, 6.45) is 0. The fraction of sp³-hybridized carbons (Fsp3) is 0.0833. The van der Waals surface area contributed by atoms with Crippen LogP contribution >= 0.6 is 34.7 Å². The van der Waals surface area contributed by atoms with E-state index in [2.05, 4.69) is 15.5 Å². The van der Waals surface area contributed by atoms with Crippen LogP contribution in [0.1, 0.15) is 5.82 Å². The lowest BCUT2D eigenvalue weighted by Gasteiger charge is -2.11. The van der Waals surface area contributed by atoms with Crippen LogP contribution in [0.25, 0.3) is 15.9 Å². The molecule has 0 aliphatic rings. The zero-order chi connectivity index (χ0) is 23.5. The van der Waals surface area contributed by atoms with E-state index in [1.54, 1.807) is 28.8 Å². The van der Waals surface area contributed by atoms with Crippen molar-refractivity contribution >= 4 is 56.5 Å². The van der Waals surface area contributed by atoms with E-state index in [9.17, 15) is 9.59 Å². The molecule has 0 bridgehead atoms. The fourth-order valence-corrected chi connectivity index (χ4v) is 5.38. The summed E-state index contributed by atoms with van der Waals surface area (Å²) in [6.45, 7) is 0.264. The quantitative estimate of drug-likeness (QED) is 0.311. The van der Waals surface area contributed by atoms with Crippen LogP contribution in [0.4, 0.5) is 5.69 Å². The van der Waals surface area contributed by atoms with E-state index >= 15 is 0 Å². The molecule has 1 N–H and O–H groups in total. The van der Waals surface area contributed by atoms with Crippen molar-refractivity contribution in [2.24, 2.45) is 0 Å². The van der Waals surface area contributed by atoms with Gasteiger partial charge in [0.05, 0.1) is 22.5 Å². The summed E-state index contributed by atoms with van der Waals surface area (Å²) in [4.78, 5) is 25.1. The van der Waals surface area contributed by atoms with Crippen LogP contribution < -0.4 is 10.2 Å². The van der Waals surface area contributed by atoms with Gasteiger partial charge in [0.2, 0.25) is 5.91 Å². The number of thioether (sulfide) groups is 1. The number of halogens is 1. The maximum atomic E-state index is 12.7. The van der Waals surface area contributed by atoms with Crippen LogP contribution in [0.5, 0.6) is 0 Å². The summed E-state index contributed by atoms with van der Waals surface area (Å²) in [6, 6.07) is 24.3. The van der Waals surface area contributed by atoms with Crippen molar-refractivity contribution in [1.82, 2.24) is 19.3 Å². The largest absolute Gasteiger partial charge is 0.325 e. The standard InChI is InChI=1S/C24H18ClN5O2S2/c25-16-7-6-8-17(13-16)26-22(31)15-33-23-28-27-21(30(23)18-9-2-1-3-10-18)14-29-19-11-4-5-12-20(19)34-24(29)32/h1-13H,14-15H2,(H,26,31). The number of nitrogens with one attached hydrogen (secondary N) is 1. The number of amides is 1. The Kier molecular flexibility index (Phi) is 6.48. The van der Waals surface area contributed by atoms with Crippen LogP contribution in [-0.4, -0.2) is 31.0 Å². The molecule has 0 unspecified atom stereocenters. The highest BCUT2D eigenvalue weighted by Crippen LogP contribution is 2.24. The van der Waals surface area contributed by atoms with Crippen molar-refractivity contribution in [2.45, 2.75) is 11.7 Å². The third-order valence-corrected chi connectivity index (χ3v) is 7.15. The summed E-state index contributed by atoms with van der Waals surface area (Å²) < 4.78 is 4.51. The van der Waals surface area contributed by atoms with Gasteiger partial charge in [-0.2, -0.15) is 0 Å². The lowest BCUT2D eigenvalue weighted by atomic mass is 10.3. The maximum absolute atomic E-state index is 12.7. The first-order valence-corrected chi connectivity index (χ1v) is 12.5. The Bertz CT molecular complexity index is 1530. The number of para-hydroxylation sites is 2. The molecule has 34 heavy (non-hydrogen) atoms. The average molecular weight is 508 g/mol. The second-order valence-corrected chi connectivity index (χ2v) is 9.71. The molecule has 5 aromatic rings. The molecular weight excluding hydrogens is 490 g/mol. The van der Waals surface area contributed by atoms with E-state index in [0.717, 1.165) is 15.9 Å². The van der Waals surface area contributed by atoms with Crippen molar-refractivity contribution in [2.75, 3.05) is 11.1 Å². The first kappa shape index (κ1) is 22.4. The van der Waals surface area contributed by atoms with Crippen LogP contribution in [0.2, 0.25) is 5.02 Å². The molecule has 0 atom stereocenters. The smallest absolute Gasteiger partial charge is 0.308 e. The van der Waals surface area contributed by atoms with E-state index in [4.69, 9.17) is 11.6 Å². The molecule has 10 heteroatoms. The van der Waals surface area contributed by atoms with E-state index in [-0.39, 0.29) is 23.1 Å². The number of carbonyl (C=O) groups excluding carboxylic acids is 1. The lowest BCUT2D eigenvalue weighted by molar-refractivity contribution is -0.113. The summed E-state index contributed by atoms with van der Waals surface area (Å²) in [5.41, 5.74) is 2.34. The number of carbonyl (C=O) groups is 1. The Labute approximate surface area is 208 Å². The summed E-state index contributed by atoms with van der Waals surface area (Å²) in [5.74, 6) is 0.560. The molecule has 0 fully saturated rings. The minimum absolute atomic E-state index is 0.0566.